The van der Waals surface area contributed by atoms with Crippen LogP contribution in [-0.2, 0) is 14.3 Å². The lowest BCUT2D eigenvalue weighted by Gasteiger charge is -2.30. The summed E-state index contributed by atoms with van der Waals surface area (Å²) >= 11 is 0. The van der Waals surface area contributed by atoms with Gasteiger partial charge >= 0.3 is 5.97 Å². The van der Waals surface area contributed by atoms with Gasteiger partial charge in [0.25, 0.3) is 0 Å². The molecule has 0 heterocycles. The molecule has 0 aromatic carbocycles. The summed E-state index contributed by atoms with van der Waals surface area (Å²) in [5.74, 6) is -1.13. The van der Waals surface area contributed by atoms with Gasteiger partial charge in [0.1, 0.15) is 5.70 Å². The second kappa shape index (κ2) is 7.09. The minimum Gasteiger partial charge on any atom is -1.00 e. The minimum atomic E-state index is -0.643. The van der Waals surface area contributed by atoms with Crippen molar-refractivity contribution in [1.29, 1.82) is 0 Å². The van der Waals surface area contributed by atoms with Crippen LogP contribution in [0.1, 0.15) is 6.92 Å². The van der Waals surface area contributed by atoms with Crippen LogP contribution in [0, 0.1) is 0 Å². The molecule has 6 heteroatoms. The van der Waals surface area contributed by atoms with Crippen molar-refractivity contribution in [1.82, 2.24) is 5.32 Å². The number of carbonyl (C=O) groups is 2. The van der Waals surface area contributed by atoms with Gasteiger partial charge in [0, 0.05) is 6.92 Å². The van der Waals surface area contributed by atoms with E-state index in [-0.39, 0.29) is 24.3 Å². The monoisotopic (exact) mass is 262 g/mol. The van der Waals surface area contributed by atoms with E-state index in [4.69, 9.17) is 4.74 Å². The fraction of sp³-hybridized carbons (Fsp3) is 0.455. The molecule has 0 saturated heterocycles. The lowest BCUT2D eigenvalue weighted by molar-refractivity contribution is -0.914. The van der Waals surface area contributed by atoms with E-state index in [1.807, 2.05) is 21.1 Å². The van der Waals surface area contributed by atoms with Gasteiger partial charge in [0.2, 0.25) is 12.1 Å². The predicted molar refractivity (Wildman–Crippen MR) is 61.1 cm³/mol. The number of hydrogen-bond donors (Lipinski definition) is 1. The van der Waals surface area contributed by atoms with Crippen molar-refractivity contribution in [3.63, 3.8) is 0 Å². The van der Waals surface area contributed by atoms with Crippen LogP contribution in [0.3, 0.4) is 0 Å². The molecular formula is C11H19ClN2O3. The molecule has 0 aliphatic carbocycles. The first-order valence-corrected chi connectivity index (χ1v) is 4.83. The Balaban J connectivity index is 0. The SMILES string of the molecule is C=CC(=O)NC(=C)C(=O)OC(C)[N+](C)(C)C.[Cl-]. The van der Waals surface area contributed by atoms with Crippen molar-refractivity contribution in [3.05, 3.63) is 24.9 Å². The van der Waals surface area contributed by atoms with Crippen LogP contribution in [0.4, 0.5) is 0 Å². The number of nitrogens with one attached hydrogen (secondary N) is 1. The van der Waals surface area contributed by atoms with Crippen molar-refractivity contribution in [2.24, 2.45) is 0 Å². The molecule has 1 atom stereocenters. The van der Waals surface area contributed by atoms with Gasteiger partial charge in [-0.25, -0.2) is 4.79 Å². The zero-order valence-electron chi connectivity index (χ0n) is 10.6. The predicted octanol–water partition coefficient (Wildman–Crippen LogP) is -2.60. The second-order valence-corrected chi connectivity index (χ2v) is 4.29. The first-order chi connectivity index (χ1) is 7.18. The molecule has 0 saturated carbocycles. The van der Waals surface area contributed by atoms with Crippen LogP contribution in [0.2, 0.25) is 0 Å². The molecule has 0 bridgehead atoms. The molecule has 0 rings (SSSR count). The van der Waals surface area contributed by atoms with E-state index in [0.717, 1.165) is 6.08 Å². The summed E-state index contributed by atoms with van der Waals surface area (Å²) in [6.45, 7) is 8.45. The van der Waals surface area contributed by atoms with Gasteiger partial charge in [-0.1, -0.05) is 13.2 Å². The lowest BCUT2D eigenvalue weighted by atomic mass is 10.4. The van der Waals surface area contributed by atoms with Gasteiger partial charge in [-0.15, -0.1) is 0 Å². The number of amides is 1. The number of quaternary nitrogens is 1. The number of halogens is 1. The van der Waals surface area contributed by atoms with Crippen LogP contribution in [0.25, 0.3) is 0 Å². The molecule has 98 valence electrons. The molecular weight excluding hydrogens is 244 g/mol. The average molecular weight is 263 g/mol. The van der Waals surface area contributed by atoms with Gasteiger partial charge in [0.15, 0.2) is 0 Å². The smallest absolute Gasteiger partial charge is 0.358 e. The average Bonchev–Trinajstić information content (AvgIpc) is 2.15. The molecule has 1 amide bonds. The van der Waals surface area contributed by atoms with Crippen LogP contribution < -0.4 is 17.7 Å². The Morgan fingerprint density at radius 1 is 1.35 bits per heavy atom. The van der Waals surface area contributed by atoms with Crippen LogP contribution >= 0.6 is 0 Å². The van der Waals surface area contributed by atoms with Crippen molar-refractivity contribution < 1.29 is 31.2 Å². The number of esters is 1. The lowest BCUT2D eigenvalue weighted by Crippen LogP contribution is -3.00. The molecule has 5 nitrogen and oxygen atoms in total. The Bertz CT molecular complexity index is 321. The van der Waals surface area contributed by atoms with Crippen molar-refractivity contribution in [2.75, 3.05) is 21.1 Å². The van der Waals surface area contributed by atoms with Gasteiger partial charge in [-0.2, -0.15) is 0 Å². The topological polar surface area (TPSA) is 55.4 Å². The zero-order chi connectivity index (χ0) is 12.9. The summed E-state index contributed by atoms with van der Waals surface area (Å²) < 4.78 is 5.57. The molecule has 17 heavy (non-hydrogen) atoms. The summed E-state index contributed by atoms with van der Waals surface area (Å²) in [6, 6.07) is 0. The van der Waals surface area contributed by atoms with Crippen molar-refractivity contribution >= 4 is 11.9 Å². The minimum absolute atomic E-state index is 0. The molecule has 0 aromatic rings. The molecule has 0 fully saturated rings. The first kappa shape index (κ1) is 18.0. The molecule has 0 radical (unpaired) electrons. The van der Waals surface area contributed by atoms with Gasteiger partial charge in [-0.05, 0) is 6.08 Å². The number of carbonyl (C=O) groups excluding carboxylic acids is 2. The third-order valence-electron chi connectivity index (χ3n) is 2.07. The summed E-state index contributed by atoms with van der Waals surface area (Å²) in [4.78, 5) is 22.4. The third kappa shape index (κ3) is 6.76. The maximum Gasteiger partial charge on any atom is 0.358 e. The van der Waals surface area contributed by atoms with E-state index in [1.165, 1.54) is 0 Å². The number of hydrogen-bond acceptors (Lipinski definition) is 3. The van der Waals surface area contributed by atoms with E-state index in [9.17, 15) is 9.59 Å². The molecule has 0 aromatic heterocycles. The van der Waals surface area contributed by atoms with Crippen LogP contribution in [-0.4, -0.2) is 43.7 Å². The maximum absolute atomic E-state index is 11.5. The fourth-order valence-electron chi connectivity index (χ4n) is 0.635. The van der Waals surface area contributed by atoms with Gasteiger partial charge in [0.05, 0.1) is 21.1 Å². The highest BCUT2D eigenvalue weighted by Crippen LogP contribution is 2.05. The normalized spacial score (nSPS) is 11.8. The largest absolute Gasteiger partial charge is 1.00 e. The standard InChI is InChI=1S/C11H18N2O3.ClH/c1-7-10(14)12-8(2)11(15)16-9(3)13(4,5)6;/h7,9H,1-2H2,3-6H3;1H. The van der Waals surface area contributed by atoms with Crippen molar-refractivity contribution in [2.45, 2.75) is 13.2 Å². The summed E-state index contributed by atoms with van der Waals surface area (Å²) in [7, 11) is 5.68. The van der Waals surface area contributed by atoms with Crippen molar-refractivity contribution in [3.8, 4) is 0 Å². The van der Waals surface area contributed by atoms with E-state index in [2.05, 4.69) is 18.5 Å². The van der Waals surface area contributed by atoms with Gasteiger partial charge < -0.3 is 22.5 Å². The van der Waals surface area contributed by atoms with E-state index in [0.29, 0.717) is 4.48 Å². The van der Waals surface area contributed by atoms with Crippen LogP contribution in [0.15, 0.2) is 24.9 Å². The number of ether oxygens (including phenoxy) is 1. The van der Waals surface area contributed by atoms with E-state index >= 15 is 0 Å². The third-order valence-corrected chi connectivity index (χ3v) is 2.07. The molecule has 0 spiro atoms. The Kier molecular flexibility index (Phi) is 7.52. The quantitative estimate of drug-likeness (QED) is 0.256. The summed E-state index contributed by atoms with van der Waals surface area (Å²) in [5, 5.41) is 2.25. The Hall–Kier alpha value is -1.33. The number of rotatable bonds is 5. The molecule has 0 aliphatic rings. The molecule has 1 unspecified atom stereocenters. The maximum atomic E-state index is 11.5. The molecule has 1 N–H and O–H groups in total. The first-order valence-electron chi connectivity index (χ1n) is 4.83. The number of nitrogens with zero attached hydrogens (tertiary/aromatic N) is 1. The highest BCUT2D eigenvalue weighted by molar-refractivity contribution is 5.96. The highest BCUT2D eigenvalue weighted by Gasteiger charge is 2.23. The second-order valence-electron chi connectivity index (χ2n) is 4.29. The molecule has 0 aliphatic heterocycles. The highest BCUT2D eigenvalue weighted by atomic mass is 35.5. The summed E-state index contributed by atoms with van der Waals surface area (Å²) in [6.07, 6.45) is 0.728. The van der Waals surface area contributed by atoms with Crippen LogP contribution in [0.5, 0.6) is 0 Å². The summed E-state index contributed by atoms with van der Waals surface area (Å²) in [5.41, 5.74) is -0.0924. The Morgan fingerprint density at radius 2 is 1.82 bits per heavy atom. The fourth-order valence-corrected chi connectivity index (χ4v) is 0.635. The van der Waals surface area contributed by atoms with E-state index < -0.39 is 11.9 Å². The van der Waals surface area contributed by atoms with E-state index in [1.54, 1.807) is 6.92 Å². The Morgan fingerprint density at radius 3 is 2.18 bits per heavy atom. The zero-order valence-corrected chi connectivity index (χ0v) is 11.4. The van der Waals surface area contributed by atoms with Gasteiger partial charge in [-0.3, -0.25) is 9.28 Å². The Labute approximate surface area is 108 Å².